The predicted molar refractivity (Wildman–Crippen MR) is 125 cm³/mol. The topological polar surface area (TPSA) is 49.0 Å². The molecule has 5 rings (SSSR count). The summed E-state index contributed by atoms with van der Waals surface area (Å²) in [4.78, 5) is 23.3. The predicted octanol–water partition coefficient (Wildman–Crippen LogP) is 5.74. The van der Waals surface area contributed by atoms with Gasteiger partial charge >= 0.3 is 0 Å². The van der Waals surface area contributed by atoms with Crippen LogP contribution in [0.1, 0.15) is 42.9 Å². The van der Waals surface area contributed by atoms with E-state index in [9.17, 15) is 4.79 Å². The van der Waals surface area contributed by atoms with Gasteiger partial charge < -0.3 is 9.88 Å². The number of amides is 1. The molecule has 0 radical (unpaired) electrons. The van der Waals surface area contributed by atoms with E-state index in [-0.39, 0.29) is 17.7 Å². The van der Waals surface area contributed by atoms with Crippen LogP contribution < -0.4 is 0 Å². The molecule has 2 aromatic carbocycles. The van der Waals surface area contributed by atoms with E-state index in [4.69, 9.17) is 0 Å². The minimum Gasteiger partial charge on any atom is -0.358 e. The Hall–Kier alpha value is -3.40. The number of nitrogens with zero attached hydrogens (tertiary/aromatic N) is 2. The van der Waals surface area contributed by atoms with Gasteiger partial charge in [0.25, 0.3) is 0 Å². The number of hydrogen-bond donors (Lipinski definition) is 1. The number of carbonyl (C=O) groups is 1. The van der Waals surface area contributed by atoms with Crippen LogP contribution in [-0.4, -0.2) is 33.9 Å². The van der Waals surface area contributed by atoms with Crippen molar-refractivity contribution in [2.45, 2.75) is 31.6 Å². The number of pyridine rings is 1. The van der Waals surface area contributed by atoms with Crippen molar-refractivity contribution in [3.63, 3.8) is 0 Å². The lowest BCUT2D eigenvalue weighted by atomic mass is 9.89. The highest BCUT2D eigenvalue weighted by atomic mass is 16.2. The second kappa shape index (κ2) is 8.38. The Morgan fingerprint density at radius 2 is 1.77 bits per heavy atom. The van der Waals surface area contributed by atoms with Crippen LogP contribution in [0.3, 0.4) is 0 Å². The smallest absolute Gasteiger partial charge is 0.229 e. The molecule has 1 aliphatic rings. The molecule has 1 aliphatic heterocycles. The van der Waals surface area contributed by atoms with Crippen molar-refractivity contribution in [2.75, 3.05) is 13.1 Å². The molecule has 2 atom stereocenters. The average Bonchev–Trinajstić information content (AvgIpc) is 3.24. The monoisotopic (exact) mass is 409 g/mol. The summed E-state index contributed by atoms with van der Waals surface area (Å²) in [7, 11) is 0. The first-order valence-electron chi connectivity index (χ1n) is 11.1. The van der Waals surface area contributed by atoms with Crippen LogP contribution in [0, 0.1) is 0 Å². The number of aromatic amines is 1. The number of para-hydroxylation sites is 1. The molecule has 4 heteroatoms. The Labute approximate surface area is 182 Å². The van der Waals surface area contributed by atoms with E-state index in [1.165, 1.54) is 22.2 Å². The quantitative estimate of drug-likeness (QED) is 0.467. The summed E-state index contributed by atoms with van der Waals surface area (Å²) in [5.41, 5.74) is 5.87. The summed E-state index contributed by atoms with van der Waals surface area (Å²) in [5.74, 6) is 0.385. The zero-order valence-corrected chi connectivity index (χ0v) is 17.8. The zero-order chi connectivity index (χ0) is 21.2. The van der Waals surface area contributed by atoms with Crippen LogP contribution in [0.25, 0.3) is 22.0 Å². The van der Waals surface area contributed by atoms with Gasteiger partial charge in [0.05, 0.1) is 5.92 Å². The highest BCUT2D eigenvalue weighted by Crippen LogP contribution is 2.39. The first-order chi connectivity index (χ1) is 15.2. The van der Waals surface area contributed by atoms with Crippen LogP contribution in [0.4, 0.5) is 0 Å². The van der Waals surface area contributed by atoms with Crippen LogP contribution in [-0.2, 0) is 4.79 Å². The molecule has 0 aliphatic carbocycles. The number of hydrogen-bond acceptors (Lipinski definition) is 2. The maximum Gasteiger partial charge on any atom is 0.229 e. The SMILES string of the molecule is C[C@H](C(=O)N1CCC[C@H](c2[nH]c3ccccc3c2-c2ccncc2)C1)c1ccccc1. The first-order valence-corrected chi connectivity index (χ1v) is 11.1. The van der Waals surface area contributed by atoms with Crippen LogP contribution in [0.5, 0.6) is 0 Å². The fraction of sp³-hybridized carbons (Fsp3) is 0.259. The molecule has 2 aromatic heterocycles. The highest BCUT2D eigenvalue weighted by molar-refractivity contribution is 5.97. The van der Waals surface area contributed by atoms with E-state index < -0.39 is 0 Å². The van der Waals surface area contributed by atoms with Crippen molar-refractivity contribution < 1.29 is 4.79 Å². The number of rotatable bonds is 4. The summed E-state index contributed by atoms with van der Waals surface area (Å²) >= 11 is 0. The van der Waals surface area contributed by atoms with E-state index in [0.29, 0.717) is 0 Å². The molecule has 3 heterocycles. The van der Waals surface area contributed by atoms with Gasteiger partial charge in [0.1, 0.15) is 0 Å². The van der Waals surface area contributed by atoms with E-state index in [1.54, 1.807) is 0 Å². The fourth-order valence-corrected chi connectivity index (χ4v) is 4.87. The van der Waals surface area contributed by atoms with Gasteiger partial charge in [-0.15, -0.1) is 0 Å². The molecule has 4 aromatic rings. The van der Waals surface area contributed by atoms with Gasteiger partial charge in [-0.3, -0.25) is 9.78 Å². The second-order valence-corrected chi connectivity index (χ2v) is 8.45. The van der Waals surface area contributed by atoms with Gasteiger partial charge in [-0.05, 0) is 49.1 Å². The van der Waals surface area contributed by atoms with Crippen molar-refractivity contribution in [1.29, 1.82) is 0 Å². The molecule has 4 nitrogen and oxygen atoms in total. The van der Waals surface area contributed by atoms with Crippen molar-refractivity contribution in [2.24, 2.45) is 0 Å². The van der Waals surface area contributed by atoms with Crippen molar-refractivity contribution in [3.05, 3.63) is 90.4 Å². The third kappa shape index (κ3) is 3.74. The Bertz CT molecular complexity index is 1180. The molecule has 0 saturated carbocycles. The number of nitrogens with one attached hydrogen (secondary N) is 1. The van der Waals surface area contributed by atoms with Gasteiger partial charge in [0.15, 0.2) is 0 Å². The molecular weight excluding hydrogens is 382 g/mol. The van der Waals surface area contributed by atoms with E-state index >= 15 is 0 Å². The highest BCUT2D eigenvalue weighted by Gasteiger charge is 2.30. The molecule has 156 valence electrons. The van der Waals surface area contributed by atoms with Gasteiger partial charge in [0.2, 0.25) is 5.91 Å². The van der Waals surface area contributed by atoms with Crippen LogP contribution >= 0.6 is 0 Å². The molecule has 0 spiro atoms. The normalized spacial score (nSPS) is 17.6. The van der Waals surface area contributed by atoms with Crippen molar-refractivity contribution >= 4 is 16.8 Å². The summed E-state index contributed by atoms with van der Waals surface area (Å²) in [6.07, 6.45) is 5.79. The van der Waals surface area contributed by atoms with Crippen LogP contribution in [0.15, 0.2) is 79.1 Å². The number of carbonyl (C=O) groups excluding carboxylic acids is 1. The summed E-state index contributed by atoms with van der Waals surface area (Å²) in [5, 5.41) is 1.23. The van der Waals surface area contributed by atoms with E-state index in [2.05, 4.69) is 51.3 Å². The van der Waals surface area contributed by atoms with Gasteiger partial charge in [-0.25, -0.2) is 0 Å². The summed E-state index contributed by atoms with van der Waals surface area (Å²) in [6, 6.07) is 22.7. The molecule has 1 amide bonds. The maximum absolute atomic E-state index is 13.3. The summed E-state index contributed by atoms with van der Waals surface area (Å²) in [6.45, 7) is 3.60. The number of benzene rings is 2. The number of fused-ring (bicyclic) bond motifs is 1. The van der Waals surface area contributed by atoms with E-state index in [1.807, 2.05) is 49.6 Å². The maximum atomic E-state index is 13.3. The van der Waals surface area contributed by atoms with Crippen LogP contribution in [0.2, 0.25) is 0 Å². The van der Waals surface area contributed by atoms with Gasteiger partial charge in [-0.1, -0.05) is 48.5 Å². The largest absolute Gasteiger partial charge is 0.358 e. The lowest BCUT2D eigenvalue weighted by Crippen LogP contribution is -2.41. The molecular formula is C27H27N3O. The Morgan fingerprint density at radius 1 is 1.03 bits per heavy atom. The Balaban J connectivity index is 1.48. The lowest BCUT2D eigenvalue weighted by Gasteiger charge is -2.34. The minimum atomic E-state index is -0.123. The molecule has 1 N–H and O–H groups in total. The zero-order valence-electron chi connectivity index (χ0n) is 17.8. The molecule has 1 saturated heterocycles. The van der Waals surface area contributed by atoms with Gasteiger partial charge in [-0.2, -0.15) is 0 Å². The van der Waals surface area contributed by atoms with Gasteiger partial charge in [0, 0.05) is 53.6 Å². The average molecular weight is 410 g/mol. The number of aromatic nitrogens is 2. The summed E-state index contributed by atoms with van der Waals surface area (Å²) < 4.78 is 0. The molecule has 31 heavy (non-hydrogen) atoms. The van der Waals surface area contributed by atoms with E-state index in [0.717, 1.165) is 37.0 Å². The third-order valence-electron chi connectivity index (χ3n) is 6.52. The standard InChI is InChI=1S/C27H27N3O/c1-19(20-8-3-2-4-9-20)27(31)30-17-7-10-22(18-30)26-25(21-13-15-28-16-14-21)23-11-5-6-12-24(23)29-26/h2-6,8-9,11-16,19,22,29H,7,10,17-18H2,1H3/t19-,22-/m0/s1. The number of likely N-dealkylation sites (tertiary alicyclic amines) is 1. The molecule has 1 fully saturated rings. The molecule has 0 unspecified atom stereocenters. The number of piperidine rings is 1. The Morgan fingerprint density at radius 3 is 2.58 bits per heavy atom. The lowest BCUT2D eigenvalue weighted by molar-refractivity contribution is -0.133. The van der Waals surface area contributed by atoms with Crippen molar-refractivity contribution in [3.8, 4) is 11.1 Å². The van der Waals surface area contributed by atoms with Crippen molar-refractivity contribution in [1.82, 2.24) is 14.9 Å². The molecule has 0 bridgehead atoms. The second-order valence-electron chi connectivity index (χ2n) is 8.45. The fourth-order valence-electron chi connectivity index (χ4n) is 4.87. The Kier molecular flexibility index (Phi) is 5.29. The third-order valence-corrected chi connectivity index (χ3v) is 6.52. The minimum absolute atomic E-state index is 0.123. The first kappa shape index (κ1) is 19.6. The number of H-pyrrole nitrogens is 1.